The van der Waals surface area contributed by atoms with Crippen LogP contribution in [0.25, 0.3) is 0 Å². The topological polar surface area (TPSA) is 55.4 Å². The van der Waals surface area contributed by atoms with Gasteiger partial charge < -0.3 is 4.74 Å². The summed E-state index contributed by atoms with van der Waals surface area (Å²) >= 11 is 0. The molecule has 0 radical (unpaired) electrons. The molecule has 0 atom stereocenters. The third kappa shape index (κ3) is 7.73. The molecule has 0 rings (SSSR count). The fourth-order valence-electron chi connectivity index (χ4n) is 1.93. The lowest BCUT2D eigenvalue weighted by Crippen LogP contribution is -2.35. The molecule has 0 bridgehead atoms. The molecular weight excluding hydrogens is 238 g/mol. The molecule has 0 saturated carbocycles. The van der Waals surface area contributed by atoms with Crippen LogP contribution < -0.4 is 4.72 Å². The molecule has 0 aliphatic heterocycles. The summed E-state index contributed by atoms with van der Waals surface area (Å²) in [6, 6.07) is 0. The molecule has 0 aliphatic rings. The van der Waals surface area contributed by atoms with Crippen LogP contribution in [0.5, 0.6) is 0 Å². The Hall–Kier alpha value is -0.130. The van der Waals surface area contributed by atoms with Gasteiger partial charge in [0.1, 0.15) is 0 Å². The summed E-state index contributed by atoms with van der Waals surface area (Å²) in [4.78, 5) is 0. The van der Waals surface area contributed by atoms with E-state index in [0.717, 1.165) is 0 Å². The number of nitrogens with one attached hydrogen (secondary N) is 1. The van der Waals surface area contributed by atoms with Crippen molar-refractivity contribution in [2.24, 2.45) is 17.8 Å². The average molecular weight is 265 g/mol. The highest BCUT2D eigenvalue weighted by molar-refractivity contribution is 7.89. The van der Waals surface area contributed by atoms with Gasteiger partial charge in [-0.15, -0.1) is 0 Å². The molecule has 0 aromatic carbocycles. The zero-order chi connectivity index (χ0) is 13.5. The van der Waals surface area contributed by atoms with E-state index in [9.17, 15) is 8.42 Å². The Morgan fingerprint density at radius 2 is 1.65 bits per heavy atom. The molecule has 5 heteroatoms. The molecule has 104 valence electrons. The Bertz CT molecular complexity index is 278. The zero-order valence-corrected chi connectivity index (χ0v) is 12.5. The van der Waals surface area contributed by atoms with Gasteiger partial charge in [-0.05, 0) is 24.2 Å². The van der Waals surface area contributed by atoms with Gasteiger partial charge in [0, 0.05) is 20.3 Å². The summed E-state index contributed by atoms with van der Waals surface area (Å²) in [5.41, 5.74) is 0. The molecule has 0 amide bonds. The van der Waals surface area contributed by atoms with Gasteiger partial charge in [-0.1, -0.05) is 27.7 Å². The first-order chi connectivity index (χ1) is 7.80. The van der Waals surface area contributed by atoms with E-state index in [0.29, 0.717) is 37.3 Å². The van der Waals surface area contributed by atoms with Crippen molar-refractivity contribution in [2.75, 3.05) is 26.0 Å². The van der Waals surface area contributed by atoms with Crippen LogP contribution in [-0.2, 0) is 14.8 Å². The minimum absolute atomic E-state index is 0.143. The molecule has 0 aliphatic carbocycles. The van der Waals surface area contributed by atoms with Crippen LogP contribution in [0.4, 0.5) is 0 Å². The highest BCUT2D eigenvalue weighted by atomic mass is 32.2. The summed E-state index contributed by atoms with van der Waals surface area (Å²) in [6.07, 6.45) is 0.542. The van der Waals surface area contributed by atoms with Crippen molar-refractivity contribution >= 4 is 10.0 Å². The third-order valence-corrected chi connectivity index (χ3v) is 4.45. The molecule has 0 aromatic heterocycles. The van der Waals surface area contributed by atoms with E-state index in [-0.39, 0.29) is 5.75 Å². The van der Waals surface area contributed by atoms with Crippen molar-refractivity contribution in [3.8, 4) is 0 Å². The maximum atomic E-state index is 11.7. The summed E-state index contributed by atoms with van der Waals surface area (Å²) in [5, 5.41) is 0. The van der Waals surface area contributed by atoms with Crippen LogP contribution in [0.1, 0.15) is 34.1 Å². The van der Waals surface area contributed by atoms with Crippen LogP contribution in [0.15, 0.2) is 0 Å². The van der Waals surface area contributed by atoms with Crippen LogP contribution in [-0.4, -0.2) is 34.4 Å². The minimum Gasteiger partial charge on any atom is -0.385 e. The van der Waals surface area contributed by atoms with E-state index in [1.807, 2.05) is 0 Å². The van der Waals surface area contributed by atoms with Crippen molar-refractivity contribution in [3.05, 3.63) is 0 Å². The fourth-order valence-corrected chi connectivity index (χ4v) is 3.02. The highest BCUT2D eigenvalue weighted by Gasteiger charge is 2.20. The standard InChI is InChI=1S/C12H27NO3S/c1-10(2)12(11(3)4)9-13-17(14,15)8-6-7-16-5/h10-13H,6-9H2,1-5H3. The Kier molecular flexibility index (Phi) is 8.00. The lowest BCUT2D eigenvalue weighted by molar-refractivity contribution is 0.199. The van der Waals surface area contributed by atoms with E-state index in [2.05, 4.69) is 32.4 Å². The Balaban J connectivity index is 4.15. The Labute approximate surface area is 106 Å². The van der Waals surface area contributed by atoms with E-state index in [4.69, 9.17) is 4.74 Å². The SMILES string of the molecule is COCCCS(=O)(=O)NCC(C(C)C)C(C)C. The van der Waals surface area contributed by atoms with Crippen molar-refractivity contribution < 1.29 is 13.2 Å². The molecule has 0 unspecified atom stereocenters. The first kappa shape index (κ1) is 16.9. The van der Waals surface area contributed by atoms with Gasteiger partial charge in [-0.25, -0.2) is 13.1 Å². The summed E-state index contributed by atoms with van der Waals surface area (Å²) in [6.45, 7) is 9.53. The quantitative estimate of drug-likeness (QED) is 0.648. The molecule has 0 spiro atoms. The van der Waals surface area contributed by atoms with E-state index < -0.39 is 10.0 Å². The second kappa shape index (κ2) is 8.06. The first-order valence-corrected chi connectivity index (χ1v) is 7.91. The zero-order valence-electron chi connectivity index (χ0n) is 11.7. The lowest BCUT2D eigenvalue weighted by Gasteiger charge is -2.24. The number of methoxy groups -OCH3 is 1. The average Bonchev–Trinajstić information content (AvgIpc) is 2.16. The van der Waals surface area contributed by atoms with Gasteiger partial charge in [-0.3, -0.25) is 0 Å². The van der Waals surface area contributed by atoms with Gasteiger partial charge >= 0.3 is 0 Å². The summed E-state index contributed by atoms with van der Waals surface area (Å²) < 4.78 is 30.9. The Morgan fingerprint density at radius 1 is 1.12 bits per heavy atom. The fraction of sp³-hybridized carbons (Fsp3) is 1.00. The molecule has 0 saturated heterocycles. The predicted molar refractivity (Wildman–Crippen MR) is 71.4 cm³/mol. The smallest absolute Gasteiger partial charge is 0.211 e. The van der Waals surface area contributed by atoms with Gasteiger partial charge in [0.2, 0.25) is 10.0 Å². The predicted octanol–water partition coefficient (Wildman–Crippen LogP) is 1.87. The number of hydrogen-bond donors (Lipinski definition) is 1. The number of ether oxygens (including phenoxy) is 1. The molecule has 0 aromatic rings. The van der Waals surface area contributed by atoms with E-state index >= 15 is 0 Å². The Morgan fingerprint density at radius 3 is 2.06 bits per heavy atom. The van der Waals surface area contributed by atoms with Crippen molar-refractivity contribution in [2.45, 2.75) is 34.1 Å². The molecule has 17 heavy (non-hydrogen) atoms. The monoisotopic (exact) mass is 265 g/mol. The molecular formula is C12H27NO3S. The van der Waals surface area contributed by atoms with Gasteiger partial charge in [0.15, 0.2) is 0 Å². The molecule has 4 nitrogen and oxygen atoms in total. The largest absolute Gasteiger partial charge is 0.385 e. The van der Waals surface area contributed by atoms with Crippen LogP contribution in [0.2, 0.25) is 0 Å². The number of hydrogen-bond acceptors (Lipinski definition) is 3. The maximum absolute atomic E-state index is 11.7. The van der Waals surface area contributed by atoms with Gasteiger partial charge in [0.05, 0.1) is 5.75 Å². The summed E-state index contributed by atoms with van der Waals surface area (Å²) in [7, 11) is -1.57. The van der Waals surface area contributed by atoms with Crippen LogP contribution in [0, 0.1) is 17.8 Å². The van der Waals surface area contributed by atoms with Gasteiger partial charge in [-0.2, -0.15) is 0 Å². The van der Waals surface area contributed by atoms with Gasteiger partial charge in [0.25, 0.3) is 0 Å². The normalized spacial score (nSPS) is 12.9. The molecule has 0 heterocycles. The first-order valence-electron chi connectivity index (χ1n) is 6.26. The van der Waals surface area contributed by atoms with Crippen LogP contribution in [0.3, 0.4) is 0 Å². The van der Waals surface area contributed by atoms with E-state index in [1.54, 1.807) is 7.11 Å². The number of rotatable bonds is 9. The highest BCUT2D eigenvalue weighted by Crippen LogP contribution is 2.19. The third-order valence-electron chi connectivity index (χ3n) is 3.01. The van der Waals surface area contributed by atoms with Crippen molar-refractivity contribution in [1.29, 1.82) is 0 Å². The lowest BCUT2D eigenvalue weighted by atomic mass is 9.86. The minimum atomic E-state index is -3.15. The molecule has 1 N–H and O–H groups in total. The summed E-state index contributed by atoms with van der Waals surface area (Å²) in [5.74, 6) is 1.49. The maximum Gasteiger partial charge on any atom is 0.211 e. The van der Waals surface area contributed by atoms with E-state index in [1.165, 1.54) is 0 Å². The second-order valence-electron chi connectivity index (χ2n) is 5.17. The van der Waals surface area contributed by atoms with Crippen molar-refractivity contribution in [1.82, 2.24) is 4.72 Å². The number of sulfonamides is 1. The van der Waals surface area contributed by atoms with Crippen LogP contribution >= 0.6 is 0 Å². The van der Waals surface area contributed by atoms with Crippen molar-refractivity contribution in [3.63, 3.8) is 0 Å². The second-order valence-corrected chi connectivity index (χ2v) is 7.09. The molecule has 0 fully saturated rings.